The summed E-state index contributed by atoms with van der Waals surface area (Å²) in [5.41, 5.74) is 6.54. The lowest BCUT2D eigenvalue weighted by Crippen LogP contribution is -2.52. The number of benzene rings is 1. The van der Waals surface area contributed by atoms with Crippen molar-refractivity contribution in [1.82, 2.24) is 10.2 Å². The molecule has 1 atom stereocenters. The third-order valence-electron chi connectivity index (χ3n) is 3.65. The second-order valence-electron chi connectivity index (χ2n) is 5.35. The zero-order chi connectivity index (χ0) is 16.1. The van der Waals surface area contributed by atoms with Crippen molar-refractivity contribution < 1.29 is 9.59 Å². The van der Waals surface area contributed by atoms with Crippen LogP contribution in [0.3, 0.4) is 0 Å². The highest BCUT2D eigenvalue weighted by atomic mass is 35.5. The Bertz CT molecular complexity index is 525. The number of hydrogen-bond donors (Lipinski definition) is 2. The van der Waals surface area contributed by atoms with Gasteiger partial charge in [-0.15, -0.1) is 0 Å². The number of halogens is 1. The Morgan fingerprint density at radius 1 is 1.23 bits per heavy atom. The molecule has 1 aromatic rings. The molecular formula is C15H21ClN4O2. The highest BCUT2D eigenvalue weighted by Crippen LogP contribution is 2.19. The molecule has 1 fully saturated rings. The van der Waals surface area contributed by atoms with Crippen molar-refractivity contribution >= 4 is 29.1 Å². The predicted molar refractivity (Wildman–Crippen MR) is 86.9 cm³/mol. The first-order chi connectivity index (χ1) is 10.5. The normalized spacial score (nSPS) is 16.3. The zero-order valence-electron chi connectivity index (χ0n) is 12.6. The van der Waals surface area contributed by atoms with E-state index in [-0.39, 0.29) is 18.4 Å². The average molecular weight is 325 g/mol. The van der Waals surface area contributed by atoms with E-state index in [0.717, 1.165) is 18.8 Å². The highest BCUT2D eigenvalue weighted by molar-refractivity contribution is 6.30. The van der Waals surface area contributed by atoms with Crippen molar-refractivity contribution in [3.63, 3.8) is 0 Å². The quantitative estimate of drug-likeness (QED) is 0.843. The van der Waals surface area contributed by atoms with Crippen LogP contribution in [0.25, 0.3) is 0 Å². The molecule has 7 heteroatoms. The first-order valence-corrected chi connectivity index (χ1v) is 7.67. The van der Waals surface area contributed by atoms with Crippen molar-refractivity contribution in [2.45, 2.75) is 13.0 Å². The molecule has 0 radical (unpaired) electrons. The van der Waals surface area contributed by atoms with Crippen LogP contribution in [0.2, 0.25) is 5.02 Å². The molecule has 120 valence electrons. The van der Waals surface area contributed by atoms with E-state index in [0.29, 0.717) is 18.1 Å². The molecule has 0 aliphatic carbocycles. The Labute approximate surface area is 135 Å². The Morgan fingerprint density at radius 3 is 2.36 bits per heavy atom. The second-order valence-corrected chi connectivity index (χ2v) is 5.79. The maximum atomic E-state index is 12.0. The van der Waals surface area contributed by atoms with Crippen LogP contribution >= 0.6 is 11.6 Å². The number of nitrogens with one attached hydrogen (secondary N) is 1. The number of amides is 2. The SMILES string of the molecule is C[C@@H](N)C(=O)NCC(=O)N1CCN(c2ccc(Cl)cc2)CC1. The van der Waals surface area contributed by atoms with E-state index in [9.17, 15) is 9.59 Å². The standard InChI is InChI=1S/C15H21ClN4O2/c1-11(17)15(22)18-10-14(21)20-8-6-19(7-9-20)13-4-2-12(16)3-5-13/h2-5,11H,6-10,17H2,1H3,(H,18,22)/t11-/m1/s1. The fraction of sp³-hybridized carbons (Fsp3) is 0.467. The molecule has 2 rings (SSSR count). The number of piperazine rings is 1. The summed E-state index contributed by atoms with van der Waals surface area (Å²) in [5, 5.41) is 3.26. The molecule has 1 aliphatic heterocycles. The van der Waals surface area contributed by atoms with Crippen molar-refractivity contribution in [3.8, 4) is 0 Å². The topological polar surface area (TPSA) is 78.7 Å². The minimum atomic E-state index is -0.602. The number of nitrogens with two attached hydrogens (primary N) is 1. The molecule has 1 aliphatic rings. The molecule has 1 saturated heterocycles. The summed E-state index contributed by atoms with van der Waals surface area (Å²) in [6, 6.07) is 7.07. The van der Waals surface area contributed by atoms with Crippen LogP contribution in [-0.2, 0) is 9.59 Å². The van der Waals surface area contributed by atoms with E-state index in [4.69, 9.17) is 17.3 Å². The third-order valence-corrected chi connectivity index (χ3v) is 3.90. The van der Waals surface area contributed by atoms with E-state index in [1.807, 2.05) is 24.3 Å². The zero-order valence-corrected chi connectivity index (χ0v) is 13.3. The van der Waals surface area contributed by atoms with E-state index in [2.05, 4.69) is 10.2 Å². The minimum absolute atomic E-state index is 0.00131. The van der Waals surface area contributed by atoms with Gasteiger partial charge in [0, 0.05) is 36.9 Å². The monoisotopic (exact) mass is 324 g/mol. The Hall–Kier alpha value is -1.79. The molecule has 3 N–H and O–H groups in total. The summed E-state index contributed by atoms with van der Waals surface area (Å²) in [4.78, 5) is 27.4. The van der Waals surface area contributed by atoms with E-state index in [1.54, 1.807) is 11.8 Å². The molecule has 0 spiro atoms. The minimum Gasteiger partial charge on any atom is -0.368 e. The van der Waals surface area contributed by atoms with E-state index >= 15 is 0 Å². The lowest BCUT2D eigenvalue weighted by atomic mass is 10.2. The first-order valence-electron chi connectivity index (χ1n) is 7.29. The van der Waals surface area contributed by atoms with Crippen molar-refractivity contribution in [2.75, 3.05) is 37.6 Å². The predicted octanol–water partition coefficient (Wildman–Crippen LogP) is 0.452. The molecule has 22 heavy (non-hydrogen) atoms. The van der Waals surface area contributed by atoms with Gasteiger partial charge in [-0.25, -0.2) is 0 Å². The van der Waals surface area contributed by atoms with Gasteiger partial charge in [-0.3, -0.25) is 9.59 Å². The summed E-state index contributed by atoms with van der Waals surface area (Å²) >= 11 is 5.88. The van der Waals surface area contributed by atoms with Gasteiger partial charge >= 0.3 is 0 Å². The maximum Gasteiger partial charge on any atom is 0.242 e. The highest BCUT2D eigenvalue weighted by Gasteiger charge is 2.21. The molecular weight excluding hydrogens is 304 g/mol. The number of rotatable bonds is 4. The molecule has 0 unspecified atom stereocenters. The number of anilines is 1. The molecule has 0 saturated carbocycles. The maximum absolute atomic E-state index is 12.0. The van der Waals surface area contributed by atoms with Crippen LogP contribution in [0.5, 0.6) is 0 Å². The summed E-state index contributed by atoms with van der Waals surface area (Å²) in [6.45, 7) is 4.38. The van der Waals surface area contributed by atoms with Crippen LogP contribution in [0.4, 0.5) is 5.69 Å². The summed E-state index contributed by atoms with van der Waals surface area (Å²) < 4.78 is 0. The van der Waals surface area contributed by atoms with Gasteiger partial charge in [-0.2, -0.15) is 0 Å². The second kappa shape index (κ2) is 7.47. The van der Waals surface area contributed by atoms with Gasteiger partial charge in [0.05, 0.1) is 12.6 Å². The molecule has 1 aromatic carbocycles. The fourth-order valence-corrected chi connectivity index (χ4v) is 2.43. The van der Waals surface area contributed by atoms with Gasteiger partial charge in [0.25, 0.3) is 0 Å². The number of nitrogens with zero attached hydrogens (tertiary/aromatic N) is 2. The van der Waals surface area contributed by atoms with Crippen molar-refractivity contribution in [1.29, 1.82) is 0 Å². The average Bonchev–Trinajstić information content (AvgIpc) is 2.53. The van der Waals surface area contributed by atoms with E-state index in [1.165, 1.54) is 0 Å². The first kappa shape index (κ1) is 16.6. The molecule has 6 nitrogen and oxygen atoms in total. The number of hydrogen-bond acceptors (Lipinski definition) is 4. The molecule has 1 heterocycles. The largest absolute Gasteiger partial charge is 0.368 e. The van der Waals surface area contributed by atoms with Crippen LogP contribution in [0.1, 0.15) is 6.92 Å². The van der Waals surface area contributed by atoms with Crippen LogP contribution < -0.4 is 16.0 Å². The van der Waals surface area contributed by atoms with Gasteiger partial charge in [0.1, 0.15) is 0 Å². The number of carbonyl (C=O) groups excluding carboxylic acids is 2. The van der Waals surface area contributed by atoms with Crippen molar-refractivity contribution in [3.05, 3.63) is 29.3 Å². The fourth-order valence-electron chi connectivity index (χ4n) is 2.30. The summed E-state index contributed by atoms with van der Waals surface area (Å²) in [5.74, 6) is -0.391. The smallest absolute Gasteiger partial charge is 0.242 e. The summed E-state index contributed by atoms with van der Waals surface area (Å²) in [6.07, 6.45) is 0. The van der Waals surface area contributed by atoms with Crippen molar-refractivity contribution in [2.24, 2.45) is 5.73 Å². The lowest BCUT2D eigenvalue weighted by Gasteiger charge is -2.36. The van der Waals surface area contributed by atoms with Gasteiger partial charge < -0.3 is 20.9 Å². The molecule has 0 aromatic heterocycles. The van der Waals surface area contributed by atoms with Gasteiger partial charge in [0.2, 0.25) is 11.8 Å². The summed E-state index contributed by atoms with van der Waals surface area (Å²) in [7, 11) is 0. The Kier molecular flexibility index (Phi) is 5.63. The number of carbonyl (C=O) groups is 2. The molecule has 2 amide bonds. The van der Waals surface area contributed by atoms with Gasteiger partial charge in [-0.05, 0) is 31.2 Å². The van der Waals surface area contributed by atoms with E-state index < -0.39 is 6.04 Å². The van der Waals surface area contributed by atoms with Crippen LogP contribution in [0.15, 0.2) is 24.3 Å². The van der Waals surface area contributed by atoms with Gasteiger partial charge in [0.15, 0.2) is 0 Å². The Morgan fingerprint density at radius 2 is 1.82 bits per heavy atom. The van der Waals surface area contributed by atoms with Crippen LogP contribution in [0, 0.1) is 0 Å². The third kappa shape index (κ3) is 4.35. The lowest BCUT2D eigenvalue weighted by molar-refractivity contribution is -0.133. The van der Waals surface area contributed by atoms with Crippen LogP contribution in [-0.4, -0.2) is 55.5 Å². The van der Waals surface area contributed by atoms with Gasteiger partial charge in [-0.1, -0.05) is 11.6 Å². The Balaban J connectivity index is 1.80. The molecule has 0 bridgehead atoms.